The molecule has 0 N–H and O–H groups in total. The minimum absolute atomic E-state index is 0.373. The standard InChI is InChI=1S/C11H10S/c12-11(9-5-1-2-6-9)10-7-3-4-8-10/h1-10H. The average molecular weight is 174 g/mol. The monoisotopic (exact) mass is 174 g/mol. The molecule has 0 saturated heterocycles. The predicted octanol–water partition coefficient (Wildman–Crippen LogP) is 2.84. The van der Waals surface area contributed by atoms with Crippen molar-refractivity contribution >= 4 is 17.1 Å². The van der Waals surface area contributed by atoms with E-state index in [0.29, 0.717) is 11.8 Å². The summed E-state index contributed by atoms with van der Waals surface area (Å²) in [5.41, 5.74) is 0. The first-order valence-electron chi connectivity index (χ1n) is 4.11. The maximum Gasteiger partial charge on any atom is 0.0277 e. The maximum absolute atomic E-state index is 5.37. The molecule has 0 radical (unpaired) electrons. The van der Waals surface area contributed by atoms with Crippen LogP contribution in [0.4, 0.5) is 0 Å². The third-order valence-electron chi connectivity index (χ3n) is 2.15. The zero-order chi connectivity index (χ0) is 8.39. The van der Waals surface area contributed by atoms with Crippen LogP contribution in [0.3, 0.4) is 0 Å². The summed E-state index contributed by atoms with van der Waals surface area (Å²) in [4.78, 5) is 1.10. The molecule has 2 rings (SSSR count). The zero-order valence-electron chi connectivity index (χ0n) is 6.68. The molecule has 2 aliphatic rings. The highest BCUT2D eigenvalue weighted by Gasteiger charge is 2.17. The van der Waals surface area contributed by atoms with Crippen LogP contribution in [0.1, 0.15) is 0 Å². The third kappa shape index (κ3) is 1.32. The average Bonchev–Trinajstić information content (AvgIpc) is 2.77. The van der Waals surface area contributed by atoms with Crippen molar-refractivity contribution in [2.45, 2.75) is 0 Å². The molecule has 0 heterocycles. The lowest BCUT2D eigenvalue weighted by Gasteiger charge is -2.11. The van der Waals surface area contributed by atoms with Crippen LogP contribution in [0.15, 0.2) is 48.6 Å². The van der Waals surface area contributed by atoms with Crippen molar-refractivity contribution in [2.75, 3.05) is 0 Å². The molecule has 0 bridgehead atoms. The minimum Gasteiger partial charge on any atom is -0.0877 e. The fraction of sp³-hybridized carbons (Fsp3) is 0.182. The highest BCUT2D eigenvalue weighted by atomic mass is 32.1. The van der Waals surface area contributed by atoms with Crippen LogP contribution in [-0.2, 0) is 0 Å². The number of hydrogen-bond acceptors (Lipinski definition) is 1. The molecule has 0 aromatic carbocycles. The Bertz CT molecular complexity index is 251. The summed E-state index contributed by atoms with van der Waals surface area (Å²) in [5, 5.41) is 0. The van der Waals surface area contributed by atoms with Gasteiger partial charge in [0.05, 0.1) is 0 Å². The molecule has 0 aromatic heterocycles. The Hall–Kier alpha value is -0.950. The lowest BCUT2D eigenvalue weighted by Crippen LogP contribution is -2.13. The van der Waals surface area contributed by atoms with E-state index in [0.717, 1.165) is 4.86 Å². The van der Waals surface area contributed by atoms with Gasteiger partial charge in [-0.15, -0.1) is 0 Å². The fourth-order valence-corrected chi connectivity index (χ4v) is 1.78. The maximum atomic E-state index is 5.37. The molecular formula is C11H10S. The summed E-state index contributed by atoms with van der Waals surface area (Å²) in [5.74, 6) is 0.745. The van der Waals surface area contributed by atoms with Crippen LogP contribution in [0.5, 0.6) is 0 Å². The molecule has 0 amide bonds. The quantitative estimate of drug-likeness (QED) is 0.580. The summed E-state index contributed by atoms with van der Waals surface area (Å²) in [6.45, 7) is 0. The van der Waals surface area contributed by atoms with E-state index in [-0.39, 0.29) is 0 Å². The van der Waals surface area contributed by atoms with E-state index in [2.05, 4.69) is 48.6 Å². The van der Waals surface area contributed by atoms with Gasteiger partial charge in [-0.3, -0.25) is 0 Å². The smallest absolute Gasteiger partial charge is 0.0277 e. The van der Waals surface area contributed by atoms with Gasteiger partial charge in [-0.2, -0.15) is 0 Å². The van der Waals surface area contributed by atoms with Gasteiger partial charge < -0.3 is 0 Å². The van der Waals surface area contributed by atoms with Crippen LogP contribution in [0.2, 0.25) is 0 Å². The van der Waals surface area contributed by atoms with Crippen molar-refractivity contribution in [1.82, 2.24) is 0 Å². The molecule has 1 heteroatoms. The molecule has 12 heavy (non-hydrogen) atoms. The molecule has 0 saturated carbocycles. The molecule has 0 atom stereocenters. The largest absolute Gasteiger partial charge is 0.0877 e. The van der Waals surface area contributed by atoms with Crippen molar-refractivity contribution in [3.05, 3.63) is 48.6 Å². The van der Waals surface area contributed by atoms with Gasteiger partial charge >= 0.3 is 0 Å². The summed E-state index contributed by atoms with van der Waals surface area (Å²) >= 11 is 5.37. The van der Waals surface area contributed by atoms with Crippen molar-refractivity contribution in [2.24, 2.45) is 11.8 Å². The number of rotatable bonds is 2. The van der Waals surface area contributed by atoms with Gasteiger partial charge in [0.15, 0.2) is 0 Å². The Labute approximate surface area is 78.0 Å². The Morgan fingerprint density at radius 2 is 1.08 bits per heavy atom. The van der Waals surface area contributed by atoms with Gasteiger partial charge in [0.2, 0.25) is 0 Å². The zero-order valence-corrected chi connectivity index (χ0v) is 7.50. The van der Waals surface area contributed by atoms with Gasteiger partial charge in [-0.05, 0) is 0 Å². The topological polar surface area (TPSA) is 0 Å². The Morgan fingerprint density at radius 3 is 1.42 bits per heavy atom. The summed E-state index contributed by atoms with van der Waals surface area (Å²) in [6, 6.07) is 0. The van der Waals surface area contributed by atoms with Gasteiger partial charge in [-0.1, -0.05) is 60.8 Å². The van der Waals surface area contributed by atoms with Crippen LogP contribution >= 0.6 is 12.2 Å². The van der Waals surface area contributed by atoms with Crippen LogP contribution in [0.25, 0.3) is 0 Å². The summed E-state index contributed by atoms with van der Waals surface area (Å²) < 4.78 is 0. The van der Waals surface area contributed by atoms with Crippen molar-refractivity contribution in [3.63, 3.8) is 0 Å². The molecule has 0 unspecified atom stereocenters. The fourth-order valence-electron chi connectivity index (χ4n) is 1.47. The van der Waals surface area contributed by atoms with E-state index in [1.165, 1.54) is 0 Å². The first-order valence-corrected chi connectivity index (χ1v) is 4.52. The van der Waals surface area contributed by atoms with Crippen LogP contribution in [0, 0.1) is 11.8 Å². The summed E-state index contributed by atoms with van der Waals surface area (Å²) in [7, 11) is 0. The van der Waals surface area contributed by atoms with Crippen molar-refractivity contribution in [1.29, 1.82) is 0 Å². The Kier molecular flexibility index (Phi) is 2.05. The molecular weight excluding hydrogens is 164 g/mol. The van der Waals surface area contributed by atoms with Crippen molar-refractivity contribution in [3.8, 4) is 0 Å². The highest BCUT2D eigenvalue weighted by Crippen LogP contribution is 2.21. The predicted molar refractivity (Wildman–Crippen MR) is 56.1 cm³/mol. The third-order valence-corrected chi connectivity index (χ3v) is 2.70. The molecule has 0 spiro atoms. The first-order chi connectivity index (χ1) is 5.88. The van der Waals surface area contributed by atoms with Crippen LogP contribution in [-0.4, -0.2) is 4.86 Å². The van der Waals surface area contributed by atoms with Gasteiger partial charge in [-0.25, -0.2) is 0 Å². The minimum atomic E-state index is 0.373. The van der Waals surface area contributed by atoms with Crippen molar-refractivity contribution < 1.29 is 0 Å². The first kappa shape index (κ1) is 7.69. The number of thiocarbonyl (C=S) groups is 1. The second-order valence-electron chi connectivity index (χ2n) is 2.99. The van der Waals surface area contributed by atoms with E-state index >= 15 is 0 Å². The number of hydrogen-bond donors (Lipinski definition) is 0. The van der Waals surface area contributed by atoms with Gasteiger partial charge in [0.25, 0.3) is 0 Å². The van der Waals surface area contributed by atoms with E-state index < -0.39 is 0 Å². The Morgan fingerprint density at radius 1 is 0.750 bits per heavy atom. The molecule has 0 aromatic rings. The van der Waals surface area contributed by atoms with Gasteiger partial charge in [0, 0.05) is 16.7 Å². The van der Waals surface area contributed by atoms with E-state index in [1.54, 1.807) is 0 Å². The highest BCUT2D eigenvalue weighted by molar-refractivity contribution is 7.80. The molecule has 0 fully saturated rings. The van der Waals surface area contributed by atoms with E-state index in [4.69, 9.17) is 12.2 Å². The second-order valence-corrected chi connectivity index (χ2v) is 3.46. The summed E-state index contributed by atoms with van der Waals surface area (Å²) in [6.07, 6.45) is 16.8. The van der Waals surface area contributed by atoms with Crippen LogP contribution < -0.4 is 0 Å². The molecule has 2 aliphatic carbocycles. The SMILES string of the molecule is S=C(C1C=CC=C1)C1C=CC=C1. The molecule has 0 aliphatic heterocycles. The normalized spacial score (nSPS) is 21.3. The molecule has 0 nitrogen and oxygen atoms in total. The second kappa shape index (κ2) is 3.20. The van der Waals surface area contributed by atoms with Gasteiger partial charge in [0.1, 0.15) is 0 Å². The lowest BCUT2D eigenvalue weighted by atomic mass is 9.96. The lowest BCUT2D eigenvalue weighted by molar-refractivity contribution is 1.05. The van der Waals surface area contributed by atoms with E-state index in [9.17, 15) is 0 Å². The number of allylic oxidation sites excluding steroid dienone is 8. The van der Waals surface area contributed by atoms with E-state index in [1.807, 2.05) is 0 Å². The Balaban J connectivity index is 2.09. The molecule has 60 valence electrons.